The molecule has 0 aliphatic carbocycles. The molecular weight excluding hydrogens is 252 g/mol. The van der Waals surface area contributed by atoms with Gasteiger partial charge < -0.3 is 30.6 Å². The third-order valence-electron chi connectivity index (χ3n) is 1.33. The predicted octanol–water partition coefficient (Wildman–Crippen LogP) is 1.88. The molecule has 0 heterocycles. The molecule has 0 spiro atoms. The minimum atomic E-state index is 0. The number of thiocarbonyl (C=S) groups is 1. The summed E-state index contributed by atoms with van der Waals surface area (Å²) in [4.78, 5) is 0. The molecule has 0 aliphatic heterocycles. The molecule has 0 saturated heterocycles. The molecule has 1 nitrogen and oxygen atoms in total. The van der Waals surface area contributed by atoms with Crippen molar-refractivity contribution in [2.45, 2.75) is 13.8 Å². The van der Waals surface area contributed by atoms with E-state index in [-0.39, 0.29) is 23.8 Å². The zero-order valence-electron chi connectivity index (χ0n) is 7.83. The second-order valence-electron chi connectivity index (χ2n) is 2.30. The Morgan fingerprint density at radius 1 is 1.54 bits per heavy atom. The Bertz CT molecular complexity index is 239. The van der Waals surface area contributed by atoms with Gasteiger partial charge in [-0.15, -0.1) is 0 Å². The number of rotatable bonds is 0. The van der Waals surface area contributed by atoms with Crippen molar-refractivity contribution in [3.8, 4) is 0 Å². The smallest absolute Gasteiger partial charge is 0.415 e. The normalized spacial score (nSPS) is 7.54. The van der Waals surface area contributed by atoms with Crippen LogP contribution in [0.5, 0.6) is 0 Å². The maximum Gasteiger partial charge on any atom is 2.00 e. The van der Waals surface area contributed by atoms with Crippen LogP contribution in [0.2, 0.25) is 0 Å². The molecule has 0 amide bonds. The maximum absolute atomic E-state index is 4.66. The zero-order chi connectivity index (χ0) is 9.56. The minimum Gasteiger partial charge on any atom is -0.415 e. The van der Waals surface area contributed by atoms with Crippen LogP contribution < -0.4 is 5.73 Å². The van der Waals surface area contributed by atoms with E-state index in [4.69, 9.17) is 0 Å². The molecule has 0 aliphatic rings. The first-order valence-corrected chi connectivity index (χ1v) is 4.26. The van der Waals surface area contributed by atoms with Crippen LogP contribution in [0.4, 0.5) is 0 Å². The van der Waals surface area contributed by atoms with Crippen LogP contribution >= 0.6 is 12.2 Å². The largest absolute Gasteiger partial charge is 2.00 e. The van der Waals surface area contributed by atoms with Crippen LogP contribution in [0.1, 0.15) is 11.1 Å². The Balaban J connectivity index is 0. The summed E-state index contributed by atoms with van der Waals surface area (Å²) in [5, 5.41) is 0. The van der Waals surface area contributed by atoms with Gasteiger partial charge in [-0.1, -0.05) is 18.2 Å². The van der Waals surface area contributed by atoms with E-state index in [9.17, 15) is 0 Å². The molecule has 66 valence electrons. The first-order chi connectivity index (χ1) is 5.54. The molecular formula is C9H11NS2Zn. The van der Waals surface area contributed by atoms with E-state index in [1.165, 1.54) is 11.1 Å². The van der Waals surface area contributed by atoms with Gasteiger partial charge in [0.1, 0.15) is 0 Å². The maximum atomic E-state index is 4.66. The molecule has 0 radical (unpaired) electrons. The average molecular weight is 263 g/mol. The van der Waals surface area contributed by atoms with Crippen molar-refractivity contribution < 1.29 is 19.5 Å². The number of aryl methyl sites for hydroxylation is 2. The topological polar surface area (TPSA) is 26.0 Å². The molecule has 2 N–H and O–H groups in total. The van der Waals surface area contributed by atoms with Gasteiger partial charge in [-0.05, 0) is 0 Å². The second kappa shape index (κ2) is 8.55. The van der Waals surface area contributed by atoms with Gasteiger partial charge in [0.05, 0.1) is 0 Å². The molecule has 0 aromatic heterocycles. The van der Waals surface area contributed by atoms with Gasteiger partial charge in [0, 0.05) is 0 Å². The Kier molecular flexibility index (Phi) is 10.1. The summed E-state index contributed by atoms with van der Waals surface area (Å²) in [6.07, 6.45) is 0. The van der Waals surface area contributed by atoms with Gasteiger partial charge in [-0.3, -0.25) is 0 Å². The van der Waals surface area contributed by atoms with Crippen LogP contribution in [-0.2, 0) is 32.1 Å². The van der Waals surface area contributed by atoms with Gasteiger partial charge in [0.25, 0.3) is 0 Å². The minimum absolute atomic E-state index is 0. The van der Waals surface area contributed by atoms with Crippen molar-refractivity contribution in [3.63, 3.8) is 0 Å². The van der Waals surface area contributed by atoms with E-state index < -0.39 is 0 Å². The monoisotopic (exact) mass is 261 g/mol. The van der Waals surface area contributed by atoms with Crippen LogP contribution in [0.15, 0.2) is 18.2 Å². The fourth-order valence-electron chi connectivity index (χ4n) is 0.604. The molecule has 0 bridgehead atoms. The molecule has 0 saturated carbocycles. The summed E-state index contributed by atoms with van der Waals surface area (Å²) in [6, 6.07) is 9.12. The molecule has 1 aromatic carbocycles. The fraction of sp³-hybridized carbons (Fsp3) is 0.222. The standard InChI is InChI=1S/C8H9.CH3NS2.Zn/c1-7-5-3-4-6-8(7)2;2-1(3)4;/h3-5H,1-2H3;(H3,2,3,4);/q-1;;+2/p-1. The molecule has 13 heavy (non-hydrogen) atoms. The van der Waals surface area contributed by atoms with E-state index >= 15 is 0 Å². The predicted molar refractivity (Wildman–Crippen MR) is 58.9 cm³/mol. The molecule has 1 aromatic rings. The SMILES string of the molecule is Cc1[c-]cccc1C.NC(=S)[S-].[Zn+2]. The first kappa shape index (κ1) is 15.4. The van der Waals surface area contributed by atoms with E-state index in [1.807, 2.05) is 12.1 Å². The van der Waals surface area contributed by atoms with Gasteiger partial charge in [0.15, 0.2) is 0 Å². The van der Waals surface area contributed by atoms with Crippen molar-refractivity contribution in [2.24, 2.45) is 5.73 Å². The Morgan fingerprint density at radius 2 is 2.00 bits per heavy atom. The summed E-state index contributed by atoms with van der Waals surface area (Å²) in [6.45, 7) is 4.15. The van der Waals surface area contributed by atoms with Gasteiger partial charge in [-0.25, -0.2) is 0 Å². The molecule has 4 heteroatoms. The summed E-state index contributed by atoms with van der Waals surface area (Å²) in [7, 11) is 0. The van der Waals surface area contributed by atoms with Crippen molar-refractivity contribution in [2.75, 3.05) is 0 Å². The van der Waals surface area contributed by atoms with Crippen molar-refractivity contribution >= 4 is 29.2 Å². The Labute approximate surface area is 103 Å². The second-order valence-corrected chi connectivity index (χ2v) is 3.44. The summed E-state index contributed by atoms with van der Waals surface area (Å²) in [5.74, 6) is 0. The number of benzene rings is 1. The Morgan fingerprint density at radius 3 is 2.23 bits per heavy atom. The van der Waals surface area contributed by atoms with E-state index in [0.29, 0.717) is 0 Å². The summed E-state index contributed by atoms with van der Waals surface area (Å²) >= 11 is 8.26. The van der Waals surface area contributed by atoms with Crippen LogP contribution in [0, 0.1) is 19.9 Å². The van der Waals surface area contributed by atoms with E-state index in [0.717, 1.165) is 0 Å². The Hall–Kier alpha value is -0.0466. The number of hydrogen-bond donors (Lipinski definition) is 1. The molecule has 0 fully saturated rings. The van der Waals surface area contributed by atoms with Gasteiger partial charge in [0.2, 0.25) is 0 Å². The number of hydrogen-bond acceptors (Lipinski definition) is 2. The number of nitrogens with two attached hydrogens (primary N) is 1. The van der Waals surface area contributed by atoms with Gasteiger partial charge in [-0.2, -0.15) is 35.4 Å². The van der Waals surface area contributed by atoms with Crippen molar-refractivity contribution in [1.29, 1.82) is 0 Å². The van der Waals surface area contributed by atoms with Crippen LogP contribution in [-0.4, -0.2) is 4.32 Å². The van der Waals surface area contributed by atoms with Gasteiger partial charge >= 0.3 is 19.5 Å². The van der Waals surface area contributed by atoms with E-state index in [2.05, 4.69) is 56.6 Å². The third-order valence-corrected chi connectivity index (χ3v) is 1.33. The van der Waals surface area contributed by atoms with Crippen LogP contribution in [0.25, 0.3) is 0 Å². The fourth-order valence-corrected chi connectivity index (χ4v) is 0.604. The average Bonchev–Trinajstić information content (AvgIpc) is 1.94. The molecule has 0 atom stereocenters. The zero-order valence-corrected chi connectivity index (χ0v) is 12.4. The summed E-state index contributed by atoms with van der Waals surface area (Å²) in [5.41, 5.74) is 7.21. The van der Waals surface area contributed by atoms with Crippen molar-refractivity contribution in [1.82, 2.24) is 0 Å². The van der Waals surface area contributed by atoms with E-state index in [1.54, 1.807) is 0 Å². The third kappa shape index (κ3) is 9.87. The molecule has 1 rings (SSSR count). The van der Waals surface area contributed by atoms with Crippen LogP contribution in [0.3, 0.4) is 0 Å². The summed E-state index contributed by atoms with van der Waals surface area (Å²) < 4.78 is 0.0833. The first-order valence-electron chi connectivity index (χ1n) is 3.44. The van der Waals surface area contributed by atoms with Crippen molar-refractivity contribution in [3.05, 3.63) is 35.4 Å². The molecule has 0 unspecified atom stereocenters. The quantitative estimate of drug-likeness (QED) is 0.335.